The molecule has 2 N–H and O–H groups in total. The Hall–Kier alpha value is -1.34. The number of hydrogen-bond acceptors (Lipinski definition) is 4. The van der Waals surface area contributed by atoms with Gasteiger partial charge in [-0.1, -0.05) is 35.3 Å². The maximum atomic E-state index is 9.10. The average Bonchev–Trinajstić information content (AvgIpc) is 2.69. The van der Waals surface area contributed by atoms with E-state index >= 15 is 0 Å². The standard InChI is InChI=1S/C13H18Cl2N2.C2H2O4/c1-16-6-3-7-17(9-8-16)10-11-4-2-5-12(14)13(11)15;3-1(4)2(5)6/h2,4-5H,3,6-10H2,1H3;(H,3,4)(H,5,6). The molecule has 0 bridgehead atoms. The van der Waals surface area contributed by atoms with E-state index in [4.69, 9.17) is 43.0 Å². The first kappa shape index (κ1) is 19.7. The zero-order chi connectivity index (χ0) is 17.4. The Kier molecular flexibility index (Phi) is 8.33. The minimum atomic E-state index is -1.82. The summed E-state index contributed by atoms with van der Waals surface area (Å²) in [7, 11) is 2.18. The monoisotopic (exact) mass is 362 g/mol. The van der Waals surface area contributed by atoms with Crippen molar-refractivity contribution in [3.63, 3.8) is 0 Å². The van der Waals surface area contributed by atoms with Crippen molar-refractivity contribution < 1.29 is 19.8 Å². The van der Waals surface area contributed by atoms with E-state index < -0.39 is 11.9 Å². The van der Waals surface area contributed by atoms with Crippen LogP contribution in [-0.4, -0.2) is 65.2 Å². The van der Waals surface area contributed by atoms with Gasteiger partial charge in [0.1, 0.15) is 0 Å². The van der Waals surface area contributed by atoms with E-state index in [1.54, 1.807) is 0 Å². The van der Waals surface area contributed by atoms with Crippen molar-refractivity contribution in [3.8, 4) is 0 Å². The smallest absolute Gasteiger partial charge is 0.414 e. The minimum absolute atomic E-state index is 0.649. The summed E-state index contributed by atoms with van der Waals surface area (Å²) in [6.45, 7) is 5.43. The minimum Gasteiger partial charge on any atom is -0.473 e. The van der Waals surface area contributed by atoms with Crippen molar-refractivity contribution in [1.29, 1.82) is 0 Å². The lowest BCUT2D eigenvalue weighted by Gasteiger charge is -2.20. The van der Waals surface area contributed by atoms with Crippen molar-refractivity contribution in [3.05, 3.63) is 33.8 Å². The molecule has 2 rings (SSSR count). The number of hydrogen-bond donors (Lipinski definition) is 2. The third-order valence-corrected chi connectivity index (χ3v) is 4.28. The molecule has 0 radical (unpaired) electrons. The second-order valence-corrected chi connectivity index (χ2v) is 6.04. The molecule has 1 aromatic carbocycles. The Labute approximate surface area is 145 Å². The first-order valence-electron chi connectivity index (χ1n) is 7.11. The molecule has 8 heteroatoms. The molecular formula is C15H20Cl2N2O4. The van der Waals surface area contributed by atoms with Crippen molar-refractivity contribution in [2.75, 3.05) is 33.2 Å². The van der Waals surface area contributed by atoms with Gasteiger partial charge in [0, 0.05) is 19.6 Å². The van der Waals surface area contributed by atoms with Crippen LogP contribution in [0.15, 0.2) is 18.2 Å². The Bertz CT molecular complexity index is 542. The first-order valence-corrected chi connectivity index (χ1v) is 7.87. The largest absolute Gasteiger partial charge is 0.473 e. The number of halogens is 2. The van der Waals surface area contributed by atoms with Gasteiger partial charge in [-0.05, 0) is 38.2 Å². The van der Waals surface area contributed by atoms with Crippen LogP contribution in [0, 0.1) is 0 Å². The Balaban J connectivity index is 0.000000379. The fourth-order valence-electron chi connectivity index (χ4n) is 2.17. The number of rotatable bonds is 2. The summed E-state index contributed by atoms with van der Waals surface area (Å²) in [6, 6.07) is 5.86. The molecule has 1 fully saturated rings. The summed E-state index contributed by atoms with van der Waals surface area (Å²) in [6.07, 6.45) is 1.22. The summed E-state index contributed by atoms with van der Waals surface area (Å²) in [5, 5.41) is 16.1. The molecule has 0 amide bonds. The van der Waals surface area contributed by atoms with E-state index in [0.29, 0.717) is 10.0 Å². The van der Waals surface area contributed by atoms with Gasteiger partial charge in [0.25, 0.3) is 0 Å². The molecule has 1 saturated heterocycles. The molecule has 1 heterocycles. The van der Waals surface area contributed by atoms with Gasteiger partial charge in [0.2, 0.25) is 0 Å². The van der Waals surface area contributed by atoms with E-state index in [1.165, 1.54) is 13.0 Å². The lowest BCUT2D eigenvalue weighted by Crippen LogP contribution is -2.28. The number of carbonyl (C=O) groups is 2. The maximum Gasteiger partial charge on any atom is 0.414 e. The third-order valence-electron chi connectivity index (χ3n) is 3.42. The van der Waals surface area contributed by atoms with Crippen LogP contribution in [0.4, 0.5) is 0 Å². The molecule has 1 aromatic rings. The van der Waals surface area contributed by atoms with Crippen molar-refractivity contribution >= 4 is 35.1 Å². The number of aliphatic carboxylic acids is 2. The van der Waals surface area contributed by atoms with E-state index in [2.05, 4.69) is 22.9 Å². The van der Waals surface area contributed by atoms with Gasteiger partial charge in [-0.2, -0.15) is 0 Å². The van der Waals surface area contributed by atoms with Crippen LogP contribution >= 0.6 is 23.2 Å². The topological polar surface area (TPSA) is 81.1 Å². The highest BCUT2D eigenvalue weighted by Gasteiger charge is 2.14. The van der Waals surface area contributed by atoms with Crippen LogP contribution in [0.5, 0.6) is 0 Å². The lowest BCUT2D eigenvalue weighted by atomic mass is 10.2. The van der Waals surface area contributed by atoms with Crippen molar-refractivity contribution in [2.45, 2.75) is 13.0 Å². The molecule has 23 heavy (non-hydrogen) atoms. The van der Waals surface area contributed by atoms with Crippen LogP contribution in [0.3, 0.4) is 0 Å². The van der Waals surface area contributed by atoms with E-state index in [1.807, 2.05) is 12.1 Å². The predicted molar refractivity (Wildman–Crippen MR) is 89.1 cm³/mol. The maximum absolute atomic E-state index is 9.10. The molecule has 1 aliphatic heterocycles. The number of nitrogens with zero attached hydrogens (tertiary/aromatic N) is 2. The molecule has 0 spiro atoms. The third kappa shape index (κ3) is 7.18. The highest BCUT2D eigenvalue weighted by molar-refractivity contribution is 6.42. The summed E-state index contributed by atoms with van der Waals surface area (Å²) in [5.74, 6) is -3.65. The van der Waals surface area contributed by atoms with Crippen molar-refractivity contribution in [2.24, 2.45) is 0 Å². The fraction of sp³-hybridized carbons (Fsp3) is 0.467. The van der Waals surface area contributed by atoms with Gasteiger partial charge in [0.15, 0.2) is 0 Å². The van der Waals surface area contributed by atoms with Gasteiger partial charge >= 0.3 is 11.9 Å². The summed E-state index contributed by atoms with van der Waals surface area (Å²) in [4.78, 5) is 23.0. The highest BCUT2D eigenvalue weighted by atomic mass is 35.5. The normalized spacial score (nSPS) is 16.1. The van der Waals surface area contributed by atoms with E-state index in [0.717, 1.165) is 31.7 Å². The Morgan fingerprint density at radius 1 is 1.09 bits per heavy atom. The van der Waals surface area contributed by atoms with Crippen LogP contribution in [0.1, 0.15) is 12.0 Å². The van der Waals surface area contributed by atoms with Crippen LogP contribution in [0.25, 0.3) is 0 Å². The van der Waals surface area contributed by atoms with Crippen LogP contribution in [-0.2, 0) is 16.1 Å². The Morgan fingerprint density at radius 3 is 2.35 bits per heavy atom. The fourth-order valence-corrected chi connectivity index (χ4v) is 2.55. The molecule has 0 saturated carbocycles. The average molecular weight is 363 g/mol. The molecular weight excluding hydrogens is 343 g/mol. The molecule has 0 aromatic heterocycles. The number of likely N-dealkylation sites (N-methyl/N-ethyl adjacent to an activating group) is 1. The van der Waals surface area contributed by atoms with Gasteiger partial charge in [-0.3, -0.25) is 4.90 Å². The summed E-state index contributed by atoms with van der Waals surface area (Å²) < 4.78 is 0. The molecule has 0 atom stereocenters. The van der Waals surface area contributed by atoms with Gasteiger partial charge in [-0.25, -0.2) is 9.59 Å². The lowest BCUT2D eigenvalue weighted by molar-refractivity contribution is -0.159. The second-order valence-electron chi connectivity index (χ2n) is 5.26. The SMILES string of the molecule is CN1CCCN(Cc2cccc(Cl)c2Cl)CC1.O=C(O)C(=O)O. The van der Waals surface area contributed by atoms with Gasteiger partial charge in [0.05, 0.1) is 10.0 Å². The highest BCUT2D eigenvalue weighted by Crippen LogP contribution is 2.26. The van der Waals surface area contributed by atoms with Crippen LogP contribution < -0.4 is 0 Å². The number of benzene rings is 1. The quantitative estimate of drug-likeness (QED) is 0.785. The Morgan fingerprint density at radius 2 is 1.74 bits per heavy atom. The van der Waals surface area contributed by atoms with Crippen LogP contribution in [0.2, 0.25) is 10.0 Å². The van der Waals surface area contributed by atoms with E-state index in [9.17, 15) is 0 Å². The number of carboxylic acids is 2. The molecule has 0 unspecified atom stereocenters. The zero-order valence-electron chi connectivity index (χ0n) is 12.8. The second kappa shape index (κ2) is 9.72. The summed E-state index contributed by atoms with van der Waals surface area (Å²) >= 11 is 12.2. The summed E-state index contributed by atoms with van der Waals surface area (Å²) in [5.41, 5.74) is 1.13. The predicted octanol–water partition coefficient (Wildman–Crippen LogP) is 2.29. The molecule has 128 valence electrons. The molecule has 6 nitrogen and oxygen atoms in total. The van der Waals surface area contributed by atoms with E-state index in [-0.39, 0.29) is 0 Å². The number of carboxylic acid groups (broad SMARTS) is 2. The zero-order valence-corrected chi connectivity index (χ0v) is 14.3. The van der Waals surface area contributed by atoms with Crippen molar-refractivity contribution in [1.82, 2.24) is 9.80 Å². The van der Waals surface area contributed by atoms with Gasteiger partial charge in [-0.15, -0.1) is 0 Å². The molecule has 1 aliphatic rings. The first-order chi connectivity index (χ1) is 10.8. The molecule has 0 aliphatic carbocycles. The van der Waals surface area contributed by atoms with Gasteiger partial charge < -0.3 is 15.1 Å².